The lowest BCUT2D eigenvalue weighted by Crippen LogP contribution is -2.35. The van der Waals surface area contributed by atoms with E-state index in [1.54, 1.807) is 11.3 Å². The lowest BCUT2D eigenvalue weighted by molar-refractivity contribution is 0.403. The lowest BCUT2D eigenvalue weighted by Gasteiger charge is -2.24. The fourth-order valence-corrected chi connectivity index (χ4v) is 2.21. The zero-order valence-corrected chi connectivity index (χ0v) is 10.7. The number of nitrogens with one attached hydrogen (secondary N) is 1. The number of hydrogen-bond donors (Lipinski definition) is 1. The fraction of sp³-hybridized carbons (Fsp3) is 0.417. The molecule has 0 unspecified atom stereocenters. The van der Waals surface area contributed by atoms with Crippen molar-refractivity contribution in [2.45, 2.75) is 25.9 Å². The van der Waals surface area contributed by atoms with Crippen LogP contribution in [0.15, 0.2) is 29.9 Å². The number of aromatic nitrogens is 2. The zero-order chi connectivity index (χ0) is 11.6. The van der Waals surface area contributed by atoms with Crippen LogP contribution >= 0.6 is 11.3 Å². The van der Waals surface area contributed by atoms with Gasteiger partial charge in [0.1, 0.15) is 0 Å². The van der Waals surface area contributed by atoms with E-state index in [0.717, 1.165) is 6.54 Å². The molecule has 16 heavy (non-hydrogen) atoms. The fourth-order valence-electron chi connectivity index (χ4n) is 1.57. The average Bonchev–Trinajstić information content (AvgIpc) is 2.85. The molecule has 3 nitrogen and oxygen atoms in total. The Morgan fingerprint density at radius 2 is 2.31 bits per heavy atom. The Morgan fingerprint density at radius 1 is 1.50 bits per heavy atom. The summed E-state index contributed by atoms with van der Waals surface area (Å²) in [7, 11) is 1.94. The highest BCUT2D eigenvalue weighted by Gasteiger charge is 2.21. The van der Waals surface area contributed by atoms with Gasteiger partial charge < -0.3 is 5.32 Å². The Morgan fingerprint density at radius 3 is 2.88 bits per heavy atom. The molecule has 0 saturated heterocycles. The smallest absolute Gasteiger partial charge is 0.0540 e. The van der Waals surface area contributed by atoms with Crippen LogP contribution in [0.1, 0.15) is 24.3 Å². The van der Waals surface area contributed by atoms with Gasteiger partial charge in [0.25, 0.3) is 0 Å². The van der Waals surface area contributed by atoms with Crippen molar-refractivity contribution in [3.63, 3.8) is 0 Å². The quantitative estimate of drug-likeness (QED) is 0.882. The molecule has 0 spiro atoms. The highest BCUT2D eigenvalue weighted by Crippen LogP contribution is 2.20. The standard InChI is InChI=1S/C12H17N3S/c1-12(2,10-7-14-15(3)9-10)13-8-11-5-4-6-16-11/h4-7,9,13H,8H2,1-3H3. The molecule has 0 atom stereocenters. The van der Waals surface area contributed by atoms with Crippen LogP contribution in [0.5, 0.6) is 0 Å². The molecule has 0 saturated carbocycles. The summed E-state index contributed by atoms with van der Waals surface area (Å²) in [6, 6.07) is 4.23. The van der Waals surface area contributed by atoms with Crippen LogP contribution in [-0.2, 0) is 19.1 Å². The predicted molar refractivity (Wildman–Crippen MR) is 67.4 cm³/mol. The van der Waals surface area contributed by atoms with Gasteiger partial charge in [-0.2, -0.15) is 5.10 Å². The van der Waals surface area contributed by atoms with Gasteiger partial charge in [-0.15, -0.1) is 11.3 Å². The largest absolute Gasteiger partial charge is 0.303 e. The van der Waals surface area contributed by atoms with Crippen molar-refractivity contribution < 1.29 is 0 Å². The van der Waals surface area contributed by atoms with E-state index >= 15 is 0 Å². The average molecular weight is 235 g/mol. The van der Waals surface area contributed by atoms with Crippen LogP contribution in [0.4, 0.5) is 0 Å². The molecule has 0 aliphatic heterocycles. The van der Waals surface area contributed by atoms with Crippen molar-refractivity contribution >= 4 is 11.3 Å². The lowest BCUT2D eigenvalue weighted by atomic mass is 9.98. The van der Waals surface area contributed by atoms with Crippen molar-refractivity contribution in [1.29, 1.82) is 0 Å². The second-order valence-corrected chi connectivity index (χ2v) is 5.49. The molecule has 86 valence electrons. The van der Waals surface area contributed by atoms with Gasteiger partial charge in [-0.25, -0.2) is 0 Å². The Labute approximate surface area is 100 Å². The molecule has 2 aromatic heterocycles. The van der Waals surface area contributed by atoms with E-state index in [2.05, 4.69) is 48.0 Å². The molecule has 2 heterocycles. The minimum atomic E-state index is -0.0434. The van der Waals surface area contributed by atoms with E-state index in [0.29, 0.717) is 0 Å². The molecule has 0 fully saturated rings. The van der Waals surface area contributed by atoms with Crippen LogP contribution in [0, 0.1) is 0 Å². The van der Waals surface area contributed by atoms with Gasteiger partial charge in [0, 0.05) is 35.8 Å². The van der Waals surface area contributed by atoms with Gasteiger partial charge in [0.2, 0.25) is 0 Å². The number of hydrogen-bond acceptors (Lipinski definition) is 3. The van der Waals surface area contributed by atoms with Crippen LogP contribution in [0.3, 0.4) is 0 Å². The van der Waals surface area contributed by atoms with E-state index in [-0.39, 0.29) is 5.54 Å². The maximum atomic E-state index is 4.21. The van der Waals surface area contributed by atoms with Crippen LogP contribution in [0.2, 0.25) is 0 Å². The molecule has 1 N–H and O–H groups in total. The van der Waals surface area contributed by atoms with E-state index in [1.165, 1.54) is 10.4 Å². The number of rotatable bonds is 4. The summed E-state index contributed by atoms with van der Waals surface area (Å²) in [5.74, 6) is 0. The van der Waals surface area contributed by atoms with E-state index < -0.39 is 0 Å². The van der Waals surface area contributed by atoms with E-state index in [4.69, 9.17) is 0 Å². The molecule has 0 radical (unpaired) electrons. The number of thiophene rings is 1. The second kappa shape index (κ2) is 4.39. The number of aryl methyl sites for hydroxylation is 1. The molecule has 4 heteroatoms. The first kappa shape index (κ1) is 11.4. The normalized spacial score (nSPS) is 11.9. The zero-order valence-electron chi connectivity index (χ0n) is 9.90. The Hall–Kier alpha value is -1.13. The van der Waals surface area contributed by atoms with Gasteiger partial charge in [0.05, 0.1) is 6.20 Å². The van der Waals surface area contributed by atoms with Gasteiger partial charge in [0.15, 0.2) is 0 Å². The molecule has 2 rings (SSSR count). The highest BCUT2D eigenvalue weighted by atomic mass is 32.1. The molecule has 0 aliphatic rings. The highest BCUT2D eigenvalue weighted by molar-refractivity contribution is 7.09. The molecule has 0 aliphatic carbocycles. The first-order valence-electron chi connectivity index (χ1n) is 5.34. The third kappa shape index (κ3) is 2.51. The molecule has 0 bridgehead atoms. The third-order valence-electron chi connectivity index (χ3n) is 2.71. The monoisotopic (exact) mass is 235 g/mol. The van der Waals surface area contributed by atoms with E-state index in [1.807, 2.05) is 17.9 Å². The Balaban J connectivity index is 2.02. The second-order valence-electron chi connectivity index (χ2n) is 4.46. The first-order chi connectivity index (χ1) is 7.58. The summed E-state index contributed by atoms with van der Waals surface area (Å²) >= 11 is 1.78. The summed E-state index contributed by atoms with van der Waals surface area (Å²) in [6.45, 7) is 5.26. The maximum Gasteiger partial charge on any atom is 0.0540 e. The molecule has 0 aromatic carbocycles. The number of nitrogens with zero attached hydrogens (tertiary/aromatic N) is 2. The maximum absolute atomic E-state index is 4.21. The summed E-state index contributed by atoms with van der Waals surface area (Å²) in [4.78, 5) is 1.36. The Bertz CT molecular complexity index is 443. The van der Waals surface area contributed by atoms with E-state index in [9.17, 15) is 0 Å². The van der Waals surface area contributed by atoms with Gasteiger partial charge in [-0.1, -0.05) is 6.07 Å². The van der Waals surface area contributed by atoms with Crippen molar-refractivity contribution in [2.24, 2.45) is 7.05 Å². The summed E-state index contributed by atoms with van der Waals surface area (Å²) < 4.78 is 1.84. The summed E-state index contributed by atoms with van der Waals surface area (Å²) in [5.41, 5.74) is 1.17. The van der Waals surface area contributed by atoms with Crippen LogP contribution < -0.4 is 5.32 Å². The van der Waals surface area contributed by atoms with Crippen LogP contribution in [0.25, 0.3) is 0 Å². The van der Waals surface area contributed by atoms with Crippen molar-refractivity contribution in [3.8, 4) is 0 Å². The Kier molecular flexibility index (Phi) is 3.12. The molecule has 2 aromatic rings. The molecular weight excluding hydrogens is 218 g/mol. The summed E-state index contributed by atoms with van der Waals surface area (Å²) in [5, 5.41) is 9.86. The van der Waals surface area contributed by atoms with Crippen molar-refractivity contribution in [2.75, 3.05) is 0 Å². The third-order valence-corrected chi connectivity index (χ3v) is 3.59. The van der Waals surface area contributed by atoms with Crippen molar-refractivity contribution in [3.05, 3.63) is 40.3 Å². The first-order valence-corrected chi connectivity index (χ1v) is 6.22. The predicted octanol–water partition coefficient (Wildman–Crippen LogP) is 2.51. The molecule has 0 amide bonds. The van der Waals surface area contributed by atoms with Gasteiger partial charge in [-0.05, 0) is 25.3 Å². The van der Waals surface area contributed by atoms with Gasteiger partial charge in [-0.3, -0.25) is 4.68 Å². The minimum absolute atomic E-state index is 0.0434. The molecular formula is C12H17N3S. The minimum Gasteiger partial charge on any atom is -0.303 e. The SMILES string of the molecule is Cn1cc(C(C)(C)NCc2cccs2)cn1. The van der Waals surface area contributed by atoms with Crippen molar-refractivity contribution in [1.82, 2.24) is 15.1 Å². The topological polar surface area (TPSA) is 29.9 Å². The summed E-state index contributed by atoms with van der Waals surface area (Å²) in [6.07, 6.45) is 3.98. The van der Waals surface area contributed by atoms with Gasteiger partial charge >= 0.3 is 0 Å². The van der Waals surface area contributed by atoms with Crippen LogP contribution in [-0.4, -0.2) is 9.78 Å².